The first-order valence-electron chi connectivity index (χ1n) is 13.3. The number of nitrogens with one attached hydrogen (secondary N) is 1. The summed E-state index contributed by atoms with van der Waals surface area (Å²) in [6.07, 6.45) is 3.16. The van der Waals surface area contributed by atoms with Gasteiger partial charge in [-0.2, -0.15) is 4.98 Å². The molecule has 1 N–H and O–H groups in total. The number of aromatic nitrogens is 4. The number of carbonyl (C=O) groups excluding carboxylic acids is 1. The second-order valence-electron chi connectivity index (χ2n) is 10.8. The van der Waals surface area contributed by atoms with Crippen LogP contribution in [-0.4, -0.2) is 69.1 Å². The molecule has 0 spiro atoms. The molecule has 2 aromatic heterocycles. The Morgan fingerprint density at radius 3 is 2.75 bits per heavy atom. The van der Waals surface area contributed by atoms with Gasteiger partial charge in [0.05, 0.1) is 18.1 Å². The van der Waals surface area contributed by atoms with Gasteiger partial charge in [0.1, 0.15) is 23.0 Å². The lowest BCUT2D eigenvalue weighted by atomic mass is 10.1. The molecule has 0 radical (unpaired) electrons. The SMILES string of the molecule is COc1ccc2nc(-c3ccc4c(c3)OCO4)n(-c3ccnc(NC4CCCN(C(=O)OC(C)(C)C)C4)n3)c2c1. The molecule has 6 rings (SSSR count). The number of nitrogens with zero attached hydrogens (tertiary/aromatic N) is 5. The Labute approximate surface area is 232 Å². The maximum Gasteiger partial charge on any atom is 0.410 e. The number of ether oxygens (including phenoxy) is 4. The molecule has 1 unspecified atom stereocenters. The first kappa shape index (κ1) is 25.7. The number of rotatable bonds is 5. The third-order valence-corrected chi connectivity index (χ3v) is 6.77. The predicted octanol–water partition coefficient (Wildman–Crippen LogP) is 5.03. The van der Waals surface area contributed by atoms with E-state index in [1.807, 2.05) is 67.8 Å². The molecule has 2 aromatic carbocycles. The maximum atomic E-state index is 12.6. The fourth-order valence-electron chi connectivity index (χ4n) is 4.96. The number of fused-ring (bicyclic) bond motifs is 2. The molecule has 40 heavy (non-hydrogen) atoms. The van der Waals surface area contributed by atoms with E-state index < -0.39 is 5.60 Å². The summed E-state index contributed by atoms with van der Waals surface area (Å²) in [6, 6.07) is 13.3. The summed E-state index contributed by atoms with van der Waals surface area (Å²) in [5.41, 5.74) is 1.95. The van der Waals surface area contributed by atoms with E-state index in [1.54, 1.807) is 18.2 Å². The quantitative estimate of drug-likeness (QED) is 0.370. The van der Waals surface area contributed by atoms with Gasteiger partial charge in [0.25, 0.3) is 0 Å². The van der Waals surface area contributed by atoms with Crippen LogP contribution < -0.4 is 19.5 Å². The molecule has 0 aliphatic carbocycles. The average Bonchev–Trinajstić information content (AvgIpc) is 3.56. The van der Waals surface area contributed by atoms with Crippen molar-refractivity contribution in [3.8, 4) is 34.5 Å². The molecule has 1 saturated heterocycles. The van der Waals surface area contributed by atoms with Crippen LogP contribution in [0.25, 0.3) is 28.2 Å². The van der Waals surface area contributed by atoms with Crippen LogP contribution in [0.3, 0.4) is 0 Å². The zero-order valence-electron chi connectivity index (χ0n) is 23.0. The van der Waals surface area contributed by atoms with Gasteiger partial charge >= 0.3 is 6.09 Å². The molecule has 4 heterocycles. The number of anilines is 1. The number of amides is 1. The number of hydrogen-bond donors (Lipinski definition) is 1. The van der Waals surface area contributed by atoms with E-state index in [0.29, 0.717) is 47.9 Å². The van der Waals surface area contributed by atoms with E-state index in [1.165, 1.54) is 0 Å². The van der Waals surface area contributed by atoms with Crippen molar-refractivity contribution in [2.75, 3.05) is 32.3 Å². The van der Waals surface area contributed by atoms with Gasteiger partial charge in [-0.05, 0) is 70.0 Å². The Morgan fingerprint density at radius 1 is 1.07 bits per heavy atom. The molecular weight excluding hydrogens is 512 g/mol. The molecule has 2 aliphatic rings. The van der Waals surface area contributed by atoms with Crippen molar-refractivity contribution in [3.05, 3.63) is 48.7 Å². The summed E-state index contributed by atoms with van der Waals surface area (Å²) in [6.45, 7) is 6.98. The summed E-state index contributed by atoms with van der Waals surface area (Å²) in [7, 11) is 1.64. The molecule has 4 aromatic rings. The molecule has 1 fully saturated rings. The van der Waals surface area contributed by atoms with Crippen molar-refractivity contribution in [1.29, 1.82) is 0 Å². The fourth-order valence-corrected chi connectivity index (χ4v) is 4.96. The highest BCUT2D eigenvalue weighted by molar-refractivity contribution is 5.84. The first-order valence-corrected chi connectivity index (χ1v) is 13.3. The van der Waals surface area contributed by atoms with Crippen molar-refractivity contribution in [1.82, 2.24) is 24.4 Å². The van der Waals surface area contributed by atoms with Gasteiger partial charge in [-0.15, -0.1) is 0 Å². The number of imidazole rings is 1. The predicted molar refractivity (Wildman–Crippen MR) is 149 cm³/mol. The van der Waals surface area contributed by atoms with Crippen LogP contribution in [0.4, 0.5) is 10.7 Å². The lowest BCUT2D eigenvalue weighted by molar-refractivity contribution is 0.0206. The average molecular weight is 545 g/mol. The third kappa shape index (κ3) is 5.18. The summed E-state index contributed by atoms with van der Waals surface area (Å²) in [4.78, 5) is 28.7. The van der Waals surface area contributed by atoms with Crippen molar-refractivity contribution in [3.63, 3.8) is 0 Å². The Kier molecular flexibility index (Phi) is 6.57. The van der Waals surface area contributed by atoms with Crippen molar-refractivity contribution in [2.24, 2.45) is 0 Å². The maximum absolute atomic E-state index is 12.6. The van der Waals surface area contributed by atoms with Crippen LogP contribution in [-0.2, 0) is 4.74 Å². The summed E-state index contributed by atoms with van der Waals surface area (Å²) in [5.74, 6) is 3.89. The van der Waals surface area contributed by atoms with E-state index in [4.69, 9.17) is 28.9 Å². The van der Waals surface area contributed by atoms with Gasteiger partial charge in [0.2, 0.25) is 12.7 Å². The lowest BCUT2D eigenvalue weighted by Gasteiger charge is -2.34. The molecule has 208 valence electrons. The second kappa shape index (κ2) is 10.2. The van der Waals surface area contributed by atoms with Crippen molar-refractivity contribution >= 4 is 23.1 Å². The normalized spacial score (nSPS) is 16.7. The number of carbonyl (C=O) groups is 1. The third-order valence-electron chi connectivity index (χ3n) is 6.77. The van der Waals surface area contributed by atoms with Crippen LogP contribution in [0.15, 0.2) is 48.7 Å². The molecule has 11 nitrogen and oxygen atoms in total. The van der Waals surface area contributed by atoms with E-state index >= 15 is 0 Å². The topological polar surface area (TPSA) is 113 Å². The minimum atomic E-state index is -0.541. The van der Waals surface area contributed by atoms with Gasteiger partial charge in [0.15, 0.2) is 11.5 Å². The minimum absolute atomic E-state index is 0.00975. The van der Waals surface area contributed by atoms with E-state index in [9.17, 15) is 4.79 Å². The highest BCUT2D eigenvalue weighted by Crippen LogP contribution is 2.37. The monoisotopic (exact) mass is 544 g/mol. The van der Waals surface area contributed by atoms with Crippen molar-refractivity contribution < 1.29 is 23.7 Å². The van der Waals surface area contributed by atoms with E-state index in [0.717, 1.165) is 29.4 Å². The van der Waals surface area contributed by atoms with Gasteiger partial charge in [-0.3, -0.25) is 4.57 Å². The lowest BCUT2D eigenvalue weighted by Crippen LogP contribution is -2.47. The molecule has 2 aliphatic heterocycles. The Morgan fingerprint density at radius 2 is 1.93 bits per heavy atom. The molecule has 1 amide bonds. The van der Waals surface area contributed by atoms with Gasteiger partial charge in [-0.25, -0.2) is 14.8 Å². The standard InChI is InChI=1S/C29H32N6O5/c1-29(2,3)40-28(36)34-13-5-6-19(16-34)31-27-30-12-11-25(33-27)35-22-15-20(37-4)8-9-21(22)32-26(35)18-7-10-23-24(14-18)39-17-38-23/h7-12,14-15,19H,5-6,13,16-17H2,1-4H3,(H,30,31,33). The highest BCUT2D eigenvalue weighted by Gasteiger charge is 2.28. The zero-order chi connectivity index (χ0) is 27.9. The molecular formula is C29H32N6O5. The Hall–Kier alpha value is -4.54. The second-order valence-corrected chi connectivity index (χ2v) is 10.8. The van der Waals surface area contributed by atoms with Crippen LogP contribution >= 0.6 is 0 Å². The zero-order valence-corrected chi connectivity index (χ0v) is 23.0. The van der Waals surface area contributed by atoms with Gasteiger partial charge in [0, 0.05) is 37.0 Å². The smallest absolute Gasteiger partial charge is 0.410 e. The number of methoxy groups -OCH3 is 1. The van der Waals surface area contributed by atoms with Crippen LogP contribution in [0.2, 0.25) is 0 Å². The number of likely N-dealkylation sites (tertiary alicyclic amines) is 1. The first-order chi connectivity index (χ1) is 19.3. The number of piperidine rings is 1. The number of benzene rings is 2. The van der Waals surface area contributed by atoms with Crippen molar-refractivity contribution in [2.45, 2.75) is 45.3 Å². The largest absolute Gasteiger partial charge is 0.497 e. The Bertz CT molecular complexity index is 1560. The van der Waals surface area contributed by atoms with Gasteiger partial charge < -0.3 is 29.2 Å². The number of hydrogen-bond acceptors (Lipinski definition) is 9. The van der Waals surface area contributed by atoms with Gasteiger partial charge in [-0.1, -0.05) is 0 Å². The van der Waals surface area contributed by atoms with Crippen LogP contribution in [0.5, 0.6) is 17.2 Å². The summed E-state index contributed by atoms with van der Waals surface area (Å²) >= 11 is 0. The molecule has 1 atom stereocenters. The van der Waals surface area contributed by atoms with Crippen LogP contribution in [0, 0.1) is 0 Å². The van der Waals surface area contributed by atoms with E-state index in [2.05, 4.69) is 10.3 Å². The molecule has 0 saturated carbocycles. The van der Waals surface area contributed by atoms with Crippen LogP contribution in [0.1, 0.15) is 33.6 Å². The summed E-state index contributed by atoms with van der Waals surface area (Å²) in [5, 5.41) is 3.43. The molecule has 0 bridgehead atoms. The van der Waals surface area contributed by atoms with E-state index in [-0.39, 0.29) is 18.9 Å². The Balaban J connectivity index is 1.33. The molecule has 11 heteroatoms. The summed E-state index contributed by atoms with van der Waals surface area (Å²) < 4.78 is 24.2. The fraction of sp³-hybridized carbons (Fsp3) is 0.379. The highest BCUT2D eigenvalue weighted by atomic mass is 16.7. The minimum Gasteiger partial charge on any atom is -0.497 e.